The van der Waals surface area contributed by atoms with Crippen LogP contribution < -0.4 is 14.8 Å². The van der Waals surface area contributed by atoms with Gasteiger partial charge in [-0.05, 0) is 30.2 Å². The third-order valence-corrected chi connectivity index (χ3v) is 2.55. The molecule has 0 saturated heterocycles. The van der Waals surface area contributed by atoms with E-state index in [9.17, 15) is 0 Å². The number of benzene rings is 1. The molecule has 6 nitrogen and oxygen atoms in total. The number of halogens is 1. The smallest absolute Gasteiger partial charge is 0.322 e. The lowest BCUT2D eigenvalue weighted by molar-refractivity contribution is 0.292. The number of ether oxygens (including phenoxy) is 2. The molecule has 0 fully saturated rings. The van der Waals surface area contributed by atoms with Gasteiger partial charge in [0.2, 0.25) is 11.2 Å². The molecule has 0 bridgehead atoms. The van der Waals surface area contributed by atoms with E-state index in [1.165, 1.54) is 0 Å². The molecule has 0 atom stereocenters. The Hall–Kier alpha value is -2.08. The molecule has 2 rings (SSSR count). The van der Waals surface area contributed by atoms with Crippen LogP contribution in [0.1, 0.15) is 13.3 Å². The van der Waals surface area contributed by atoms with Crippen LogP contribution in [-0.4, -0.2) is 28.7 Å². The minimum absolute atomic E-state index is 0.0727. The average molecular weight is 295 g/mol. The fourth-order valence-electron chi connectivity index (χ4n) is 1.51. The second kappa shape index (κ2) is 6.91. The molecule has 1 aromatic carbocycles. The van der Waals surface area contributed by atoms with Crippen molar-refractivity contribution < 1.29 is 9.47 Å². The Kier molecular flexibility index (Phi) is 4.95. The highest BCUT2D eigenvalue weighted by atomic mass is 35.5. The summed E-state index contributed by atoms with van der Waals surface area (Å²) in [5.74, 6) is 0.987. The second-order valence-electron chi connectivity index (χ2n) is 3.88. The van der Waals surface area contributed by atoms with Crippen LogP contribution in [0.15, 0.2) is 24.3 Å². The summed E-state index contributed by atoms with van der Waals surface area (Å²) in [6.45, 7) is 2.52. The molecule has 0 spiro atoms. The fraction of sp³-hybridized carbons (Fsp3) is 0.308. The number of hydrogen-bond acceptors (Lipinski definition) is 6. The Morgan fingerprint density at radius 1 is 1.20 bits per heavy atom. The number of rotatable bonds is 6. The van der Waals surface area contributed by atoms with E-state index < -0.39 is 0 Å². The lowest BCUT2D eigenvalue weighted by atomic mass is 10.3. The molecule has 7 heteroatoms. The molecule has 0 saturated carbocycles. The molecule has 1 N–H and O–H groups in total. The number of hydrogen-bond donors (Lipinski definition) is 1. The predicted octanol–water partition coefficient (Wildman–Crippen LogP) is 3.07. The van der Waals surface area contributed by atoms with Gasteiger partial charge in [-0.2, -0.15) is 15.0 Å². The van der Waals surface area contributed by atoms with Gasteiger partial charge < -0.3 is 14.8 Å². The number of aromatic nitrogens is 3. The molecular weight excluding hydrogens is 280 g/mol. The highest BCUT2D eigenvalue weighted by Crippen LogP contribution is 2.26. The van der Waals surface area contributed by atoms with Gasteiger partial charge in [0.1, 0.15) is 5.75 Å². The van der Waals surface area contributed by atoms with Crippen molar-refractivity contribution in [2.45, 2.75) is 13.3 Å². The molecule has 0 amide bonds. The quantitative estimate of drug-likeness (QED) is 0.883. The zero-order chi connectivity index (χ0) is 14.4. The lowest BCUT2D eigenvalue weighted by Crippen LogP contribution is -2.05. The topological polar surface area (TPSA) is 69.2 Å². The predicted molar refractivity (Wildman–Crippen MR) is 76.9 cm³/mol. The van der Waals surface area contributed by atoms with E-state index in [0.29, 0.717) is 18.3 Å². The summed E-state index contributed by atoms with van der Waals surface area (Å²) < 4.78 is 10.6. The van der Waals surface area contributed by atoms with Gasteiger partial charge in [-0.15, -0.1) is 0 Å². The van der Waals surface area contributed by atoms with Crippen LogP contribution in [0, 0.1) is 0 Å². The first-order valence-corrected chi connectivity index (χ1v) is 6.55. The Morgan fingerprint density at radius 3 is 2.75 bits per heavy atom. The maximum absolute atomic E-state index is 5.86. The van der Waals surface area contributed by atoms with Crippen molar-refractivity contribution in [3.05, 3.63) is 29.5 Å². The van der Waals surface area contributed by atoms with E-state index in [-0.39, 0.29) is 11.3 Å². The van der Waals surface area contributed by atoms with Crippen molar-refractivity contribution >= 4 is 23.2 Å². The van der Waals surface area contributed by atoms with Crippen LogP contribution >= 0.6 is 11.6 Å². The molecule has 0 unspecified atom stereocenters. The Labute approximate surface area is 122 Å². The number of para-hydroxylation sites is 2. The zero-order valence-corrected chi connectivity index (χ0v) is 12.0. The lowest BCUT2D eigenvalue weighted by Gasteiger charge is -2.10. The number of nitrogens with one attached hydrogen (secondary N) is 1. The molecule has 0 radical (unpaired) electrons. The molecule has 0 aliphatic rings. The summed E-state index contributed by atoms with van der Waals surface area (Å²) in [5, 5.41) is 3.10. The van der Waals surface area contributed by atoms with E-state index in [2.05, 4.69) is 20.3 Å². The summed E-state index contributed by atoms with van der Waals surface area (Å²) in [6.07, 6.45) is 0.860. The van der Waals surface area contributed by atoms with Crippen LogP contribution in [0.25, 0.3) is 0 Å². The van der Waals surface area contributed by atoms with Crippen molar-refractivity contribution in [3.8, 4) is 11.8 Å². The molecule has 1 heterocycles. The van der Waals surface area contributed by atoms with Gasteiger partial charge in [0.15, 0.2) is 0 Å². The Morgan fingerprint density at radius 2 is 2.00 bits per heavy atom. The fourth-order valence-corrected chi connectivity index (χ4v) is 1.67. The second-order valence-corrected chi connectivity index (χ2v) is 4.22. The van der Waals surface area contributed by atoms with Crippen molar-refractivity contribution in [3.63, 3.8) is 0 Å². The van der Waals surface area contributed by atoms with Crippen molar-refractivity contribution in [2.24, 2.45) is 0 Å². The van der Waals surface area contributed by atoms with Crippen LogP contribution in [0.2, 0.25) is 5.28 Å². The van der Waals surface area contributed by atoms with Crippen LogP contribution in [0.4, 0.5) is 11.6 Å². The van der Waals surface area contributed by atoms with E-state index in [4.69, 9.17) is 21.1 Å². The summed E-state index contributed by atoms with van der Waals surface area (Å²) in [7, 11) is 1.59. The molecule has 20 heavy (non-hydrogen) atoms. The highest BCUT2D eigenvalue weighted by molar-refractivity contribution is 6.28. The molecule has 106 valence electrons. The van der Waals surface area contributed by atoms with Gasteiger partial charge in [-0.1, -0.05) is 19.1 Å². The molecular formula is C13H15ClN4O2. The number of nitrogens with zero attached hydrogens (tertiary/aromatic N) is 3. The van der Waals surface area contributed by atoms with Gasteiger partial charge in [0, 0.05) is 0 Å². The van der Waals surface area contributed by atoms with Gasteiger partial charge in [-0.3, -0.25) is 0 Å². The van der Waals surface area contributed by atoms with E-state index in [1.807, 2.05) is 31.2 Å². The first-order valence-electron chi connectivity index (χ1n) is 6.17. The van der Waals surface area contributed by atoms with E-state index in [0.717, 1.165) is 12.1 Å². The largest absolute Gasteiger partial charge is 0.495 e. The van der Waals surface area contributed by atoms with Crippen molar-refractivity contribution in [1.82, 2.24) is 15.0 Å². The van der Waals surface area contributed by atoms with E-state index >= 15 is 0 Å². The van der Waals surface area contributed by atoms with Gasteiger partial charge in [0.25, 0.3) is 0 Å². The van der Waals surface area contributed by atoms with Gasteiger partial charge >= 0.3 is 6.01 Å². The van der Waals surface area contributed by atoms with Crippen molar-refractivity contribution in [2.75, 3.05) is 19.0 Å². The molecule has 2 aromatic rings. The monoisotopic (exact) mass is 294 g/mol. The van der Waals surface area contributed by atoms with Gasteiger partial charge in [-0.25, -0.2) is 0 Å². The molecule has 1 aromatic heterocycles. The van der Waals surface area contributed by atoms with Crippen LogP contribution in [0.3, 0.4) is 0 Å². The molecule has 0 aliphatic heterocycles. The van der Waals surface area contributed by atoms with Crippen LogP contribution in [-0.2, 0) is 0 Å². The average Bonchev–Trinajstić information content (AvgIpc) is 2.45. The first-order chi connectivity index (χ1) is 9.72. The Balaban J connectivity index is 2.22. The minimum Gasteiger partial charge on any atom is -0.495 e. The van der Waals surface area contributed by atoms with Gasteiger partial charge in [0.05, 0.1) is 19.4 Å². The number of methoxy groups -OCH3 is 1. The Bertz CT molecular complexity index is 580. The SMILES string of the molecule is CCCOc1nc(Cl)nc(Nc2ccccc2OC)n1. The maximum atomic E-state index is 5.86. The summed E-state index contributed by atoms with van der Waals surface area (Å²) in [6, 6.07) is 7.63. The third-order valence-electron chi connectivity index (χ3n) is 2.38. The summed E-state index contributed by atoms with van der Waals surface area (Å²) >= 11 is 5.86. The summed E-state index contributed by atoms with van der Waals surface area (Å²) in [5.41, 5.74) is 0.735. The maximum Gasteiger partial charge on any atom is 0.322 e. The standard InChI is InChI=1S/C13H15ClN4O2/c1-3-8-20-13-17-11(14)16-12(18-13)15-9-6-4-5-7-10(9)19-2/h4-7H,3,8H2,1-2H3,(H,15,16,17,18). The normalized spacial score (nSPS) is 10.2. The highest BCUT2D eigenvalue weighted by Gasteiger charge is 2.08. The third kappa shape index (κ3) is 3.71. The minimum atomic E-state index is 0.0727. The van der Waals surface area contributed by atoms with Crippen molar-refractivity contribution in [1.29, 1.82) is 0 Å². The van der Waals surface area contributed by atoms with Crippen LogP contribution in [0.5, 0.6) is 11.8 Å². The van der Waals surface area contributed by atoms with E-state index in [1.54, 1.807) is 7.11 Å². The number of anilines is 2. The molecule has 0 aliphatic carbocycles. The summed E-state index contributed by atoms with van der Waals surface area (Å²) in [4.78, 5) is 12.1. The zero-order valence-electron chi connectivity index (χ0n) is 11.3. The first kappa shape index (κ1) is 14.3.